The number of carbonyl (C=O) groups excluding carboxylic acids is 1. The van der Waals surface area contributed by atoms with E-state index in [0.29, 0.717) is 44.5 Å². The lowest BCUT2D eigenvalue weighted by Crippen LogP contribution is -2.30. The molecule has 7 nitrogen and oxygen atoms in total. The number of aromatic nitrogens is 2. The first kappa shape index (κ1) is 19.2. The van der Waals surface area contributed by atoms with Crippen LogP contribution in [0.3, 0.4) is 0 Å². The fourth-order valence-electron chi connectivity index (χ4n) is 2.94. The second-order valence-corrected chi connectivity index (χ2v) is 7.27. The van der Waals surface area contributed by atoms with Gasteiger partial charge in [-0.25, -0.2) is 4.90 Å². The molecule has 3 heterocycles. The van der Waals surface area contributed by atoms with Crippen molar-refractivity contribution in [1.82, 2.24) is 15.1 Å². The number of rotatable bonds is 5. The summed E-state index contributed by atoms with van der Waals surface area (Å²) in [7, 11) is 1.79. The van der Waals surface area contributed by atoms with Crippen LogP contribution in [0.4, 0.5) is 5.69 Å². The maximum atomic E-state index is 12.8. The lowest BCUT2D eigenvalue weighted by molar-refractivity contribution is -0.113. The van der Waals surface area contributed by atoms with Gasteiger partial charge in [-0.3, -0.25) is 9.48 Å². The molecule has 29 heavy (non-hydrogen) atoms. The van der Waals surface area contributed by atoms with E-state index in [0.717, 1.165) is 0 Å². The Morgan fingerprint density at radius 3 is 2.72 bits per heavy atom. The second-order valence-electron chi connectivity index (χ2n) is 6.45. The number of halogens is 1. The zero-order chi connectivity index (χ0) is 20.5. The summed E-state index contributed by atoms with van der Waals surface area (Å²) in [6.07, 6.45) is 3.37. The van der Waals surface area contributed by atoms with Crippen molar-refractivity contribution in [2.45, 2.75) is 13.5 Å². The van der Waals surface area contributed by atoms with Crippen molar-refractivity contribution in [1.29, 1.82) is 0 Å². The molecule has 2 aromatic heterocycles. The molecule has 0 radical (unpaired) electrons. The number of amides is 1. The second kappa shape index (κ2) is 7.73. The molecule has 1 fully saturated rings. The van der Waals surface area contributed by atoms with Crippen LogP contribution in [0, 0.1) is 6.92 Å². The van der Waals surface area contributed by atoms with Gasteiger partial charge in [0.2, 0.25) is 0 Å². The van der Waals surface area contributed by atoms with Gasteiger partial charge in [-0.1, -0.05) is 11.6 Å². The Hall–Kier alpha value is -3.10. The molecule has 4 rings (SSSR count). The smallest absolute Gasteiger partial charge is 0.281 e. The van der Waals surface area contributed by atoms with Crippen molar-refractivity contribution in [3.8, 4) is 5.75 Å². The molecule has 0 unspecified atom stereocenters. The summed E-state index contributed by atoms with van der Waals surface area (Å²) in [5, 5.41) is 8.15. The van der Waals surface area contributed by atoms with E-state index in [-0.39, 0.29) is 12.5 Å². The Morgan fingerprint density at radius 2 is 2.03 bits per heavy atom. The SMILES string of the molecule is Cc1nn(C)cc1N1C(=O)/C(=C\c2ccc(COc3ccc(Cl)cc3)o2)NC1=S. The van der Waals surface area contributed by atoms with Gasteiger partial charge in [-0.05, 0) is 55.5 Å². The Kier molecular flexibility index (Phi) is 5.12. The van der Waals surface area contributed by atoms with Crippen LogP contribution in [0.5, 0.6) is 5.75 Å². The number of carbonyl (C=O) groups is 1. The summed E-state index contributed by atoms with van der Waals surface area (Å²) in [4.78, 5) is 14.2. The molecule has 148 valence electrons. The molecule has 0 bridgehead atoms. The van der Waals surface area contributed by atoms with Crippen LogP contribution < -0.4 is 15.0 Å². The molecule has 0 aliphatic carbocycles. The fraction of sp³-hybridized carbons (Fsp3) is 0.150. The third-order valence-electron chi connectivity index (χ3n) is 4.27. The minimum Gasteiger partial charge on any atom is -0.486 e. The molecule has 0 spiro atoms. The molecule has 1 saturated heterocycles. The van der Waals surface area contributed by atoms with Gasteiger partial charge in [0.25, 0.3) is 5.91 Å². The number of benzene rings is 1. The number of nitrogens with one attached hydrogen (secondary N) is 1. The largest absolute Gasteiger partial charge is 0.486 e. The standard InChI is InChI=1S/C20H17ClN4O3S/c1-12-18(10-24(2)23-12)25-19(26)17(22-20(25)29)9-15-7-8-16(28-15)11-27-14-5-3-13(21)4-6-14/h3-10H,11H2,1-2H3,(H,22,29)/b17-9+. The number of ether oxygens (including phenoxy) is 1. The predicted octanol–water partition coefficient (Wildman–Crippen LogP) is 3.82. The highest BCUT2D eigenvalue weighted by molar-refractivity contribution is 7.80. The predicted molar refractivity (Wildman–Crippen MR) is 114 cm³/mol. The van der Waals surface area contributed by atoms with Gasteiger partial charge in [-0.2, -0.15) is 5.10 Å². The minimum atomic E-state index is -0.263. The third-order valence-corrected chi connectivity index (χ3v) is 4.81. The van der Waals surface area contributed by atoms with E-state index in [1.54, 1.807) is 60.4 Å². The topological polar surface area (TPSA) is 72.5 Å². The summed E-state index contributed by atoms with van der Waals surface area (Å²) in [5.41, 5.74) is 1.69. The molecule has 3 aromatic rings. The molecule has 1 aliphatic rings. The van der Waals surface area contributed by atoms with Crippen molar-refractivity contribution >= 4 is 46.6 Å². The van der Waals surface area contributed by atoms with Crippen LogP contribution in [0.25, 0.3) is 6.08 Å². The molecule has 9 heteroatoms. The molecular weight excluding hydrogens is 412 g/mol. The van der Waals surface area contributed by atoms with E-state index < -0.39 is 0 Å². The molecular formula is C20H17ClN4O3S. The number of aryl methyl sites for hydroxylation is 2. The van der Waals surface area contributed by atoms with Crippen molar-refractivity contribution < 1.29 is 13.9 Å². The van der Waals surface area contributed by atoms with E-state index >= 15 is 0 Å². The maximum absolute atomic E-state index is 12.8. The van der Waals surface area contributed by atoms with Crippen molar-refractivity contribution in [2.75, 3.05) is 4.90 Å². The Balaban J connectivity index is 1.47. The van der Waals surface area contributed by atoms with Crippen LogP contribution >= 0.6 is 23.8 Å². The summed E-state index contributed by atoms with van der Waals surface area (Å²) >= 11 is 11.2. The first-order valence-corrected chi connectivity index (χ1v) is 9.54. The number of hydrogen-bond donors (Lipinski definition) is 1. The van der Waals surface area contributed by atoms with Gasteiger partial charge in [-0.15, -0.1) is 0 Å². The van der Waals surface area contributed by atoms with Crippen LogP contribution in [0.1, 0.15) is 17.2 Å². The van der Waals surface area contributed by atoms with Crippen molar-refractivity contribution in [2.24, 2.45) is 7.05 Å². The zero-order valence-corrected chi connectivity index (χ0v) is 17.3. The quantitative estimate of drug-likeness (QED) is 0.492. The monoisotopic (exact) mass is 428 g/mol. The maximum Gasteiger partial charge on any atom is 0.281 e. The molecule has 1 aliphatic heterocycles. The average molecular weight is 429 g/mol. The summed E-state index contributed by atoms with van der Waals surface area (Å²) in [6, 6.07) is 10.6. The molecule has 1 aromatic carbocycles. The van der Waals surface area contributed by atoms with Crippen LogP contribution in [0.15, 0.2) is 52.7 Å². The lowest BCUT2D eigenvalue weighted by atomic mass is 10.3. The molecule has 0 saturated carbocycles. The summed E-state index contributed by atoms with van der Waals surface area (Å²) in [5.74, 6) is 1.57. The van der Waals surface area contributed by atoms with Crippen LogP contribution in [-0.2, 0) is 18.4 Å². The minimum absolute atomic E-state index is 0.256. The highest BCUT2D eigenvalue weighted by Crippen LogP contribution is 2.25. The first-order valence-electron chi connectivity index (χ1n) is 8.75. The van der Waals surface area contributed by atoms with Gasteiger partial charge >= 0.3 is 0 Å². The molecule has 1 N–H and O–H groups in total. The van der Waals surface area contributed by atoms with E-state index in [9.17, 15) is 4.79 Å². The lowest BCUT2D eigenvalue weighted by Gasteiger charge is -2.11. The van der Waals surface area contributed by atoms with Crippen LogP contribution in [-0.4, -0.2) is 20.8 Å². The average Bonchev–Trinajstić information content (AvgIpc) is 3.33. The Bertz CT molecular complexity index is 1120. The van der Waals surface area contributed by atoms with Crippen LogP contribution in [0.2, 0.25) is 5.02 Å². The van der Waals surface area contributed by atoms with Gasteiger partial charge < -0.3 is 14.5 Å². The molecule has 0 atom stereocenters. The highest BCUT2D eigenvalue weighted by atomic mass is 35.5. The number of thiocarbonyl (C=S) groups is 1. The number of furan rings is 1. The number of hydrogen-bond acceptors (Lipinski definition) is 5. The van der Waals surface area contributed by atoms with Crippen molar-refractivity contribution in [3.05, 3.63) is 70.5 Å². The highest BCUT2D eigenvalue weighted by Gasteiger charge is 2.34. The molecule has 1 amide bonds. The number of nitrogens with zero attached hydrogens (tertiary/aromatic N) is 3. The van der Waals surface area contributed by atoms with Gasteiger partial charge in [0.1, 0.15) is 29.6 Å². The summed E-state index contributed by atoms with van der Waals surface area (Å²) < 4.78 is 13.1. The third kappa shape index (κ3) is 4.03. The Morgan fingerprint density at radius 1 is 1.28 bits per heavy atom. The van der Waals surface area contributed by atoms with Gasteiger partial charge in [0.15, 0.2) is 5.11 Å². The zero-order valence-electron chi connectivity index (χ0n) is 15.7. The van der Waals surface area contributed by atoms with Gasteiger partial charge in [0.05, 0.1) is 11.4 Å². The van der Waals surface area contributed by atoms with Crippen molar-refractivity contribution in [3.63, 3.8) is 0 Å². The summed E-state index contributed by atoms with van der Waals surface area (Å²) in [6.45, 7) is 2.08. The van der Waals surface area contributed by atoms with Gasteiger partial charge in [0, 0.05) is 24.3 Å². The Labute approximate surface area is 177 Å². The van der Waals surface area contributed by atoms with E-state index in [2.05, 4.69) is 10.4 Å². The normalized spacial score (nSPS) is 15.3. The van der Waals surface area contributed by atoms with E-state index in [1.807, 2.05) is 6.92 Å². The first-order chi connectivity index (χ1) is 13.9. The number of anilines is 1. The fourth-order valence-corrected chi connectivity index (χ4v) is 3.35. The van der Waals surface area contributed by atoms with E-state index in [4.69, 9.17) is 33.0 Å². The van der Waals surface area contributed by atoms with E-state index in [1.165, 1.54) is 4.90 Å².